The zero-order valence-corrected chi connectivity index (χ0v) is 16.1. The summed E-state index contributed by atoms with van der Waals surface area (Å²) < 4.78 is 39.3. The molecule has 0 aliphatic rings. The maximum Gasteiger partial charge on any atom is 0.416 e. The highest BCUT2D eigenvalue weighted by atomic mass is 32.1. The summed E-state index contributed by atoms with van der Waals surface area (Å²) in [6.07, 6.45) is -2.51. The Kier molecular flexibility index (Phi) is 4.44. The Morgan fingerprint density at radius 1 is 0.875 bits per heavy atom. The van der Waals surface area contributed by atoms with Gasteiger partial charge >= 0.3 is 6.18 Å². The average molecular weight is 384 g/mol. The Bertz CT molecular complexity index is 842. The predicted octanol–water partition coefficient (Wildman–Crippen LogP) is 6.10. The zero-order valence-electron chi connectivity index (χ0n) is 13.4. The van der Waals surface area contributed by atoms with Crippen LogP contribution in [0.2, 0.25) is 19.6 Å². The molecular formula is C17H16F3NS2Si. The Labute approximate surface area is 147 Å². The van der Waals surface area contributed by atoms with E-state index in [1.165, 1.54) is 32.8 Å². The van der Waals surface area contributed by atoms with Gasteiger partial charge < -0.3 is 0 Å². The van der Waals surface area contributed by atoms with Crippen LogP contribution in [0.25, 0.3) is 20.3 Å². The first kappa shape index (κ1) is 17.4. The van der Waals surface area contributed by atoms with Crippen molar-refractivity contribution < 1.29 is 13.2 Å². The minimum absolute atomic E-state index is 0.638. The van der Waals surface area contributed by atoms with Crippen LogP contribution in [-0.4, -0.2) is 13.1 Å². The van der Waals surface area contributed by atoms with Crippen molar-refractivity contribution in [2.75, 3.05) is 0 Å². The molecule has 0 N–H and O–H groups in total. The number of rotatable bonds is 3. The highest BCUT2D eigenvalue weighted by Gasteiger charge is 2.30. The van der Waals surface area contributed by atoms with E-state index in [1.54, 1.807) is 17.5 Å². The zero-order chi connectivity index (χ0) is 17.5. The second kappa shape index (κ2) is 6.13. The molecule has 0 spiro atoms. The summed E-state index contributed by atoms with van der Waals surface area (Å²) in [7, 11) is -1.33. The van der Waals surface area contributed by atoms with E-state index < -0.39 is 19.8 Å². The molecule has 0 atom stereocenters. The summed E-state index contributed by atoms with van der Waals surface area (Å²) >= 11 is 3.30. The van der Waals surface area contributed by atoms with Crippen molar-refractivity contribution >= 4 is 35.2 Å². The largest absolute Gasteiger partial charge is 0.416 e. The number of halogens is 3. The molecule has 0 saturated carbocycles. The average Bonchev–Trinajstić information content (AvgIpc) is 3.15. The lowest BCUT2D eigenvalue weighted by molar-refractivity contribution is -0.137. The third-order valence-corrected chi connectivity index (χ3v) is 9.48. The molecule has 3 aromatic rings. The summed E-state index contributed by atoms with van der Waals surface area (Å²) in [5, 5.41) is 0.738. The molecule has 0 aliphatic carbocycles. The molecule has 0 fully saturated rings. The van der Waals surface area contributed by atoms with Crippen molar-refractivity contribution in [1.29, 1.82) is 0 Å². The number of hydrogen-bond donors (Lipinski definition) is 0. The molecule has 1 nitrogen and oxygen atoms in total. The standard InChI is InChI=1S/C17H16F3NS2Si/c1-24(2,3)15-9-8-13(22-15)14-10-21-16(23-14)11-4-6-12(7-5-11)17(18,19)20/h4-10H,1-3H3. The molecule has 2 heterocycles. The maximum atomic E-state index is 12.6. The summed E-state index contributed by atoms with van der Waals surface area (Å²) in [6, 6.07) is 9.46. The third kappa shape index (κ3) is 3.63. The van der Waals surface area contributed by atoms with Gasteiger partial charge in [-0.1, -0.05) is 37.8 Å². The van der Waals surface area contributed by atoms with Crippen molar-refractivity contribution in [3.05, 3.63) is 48.2 Å². The third-order valence-electron chi connectivity index (χ3n) is 3.55. The lowest BCUT2D eigenvalue weighted by Crippen LogP contribution is -2.34. The number of nitrogens with zero attached hydrogens (tertiary/aromatic N) is 1. The van der Waals surface area contributed by atoms with E-state index in [9.17, 15) is 13.2 Å². The number of hydrogen-bond acceptors (Lipinski definition) is 3. The first-order valence-electron chi connectivity index (χ1n) is 7.39. The molecule has 0 amide bonds. The molecule has 2 aromatic heterocycles. The lowest BCUT2D eigenvalue weighted by Gasteiger charge is -2.12. The van der Waals surface area contributed by atoms with Crippen molar-refractivity contribution in [2.45, 2.75) is 25.8 Å². The van der Waals surface area contributed by atoms with Gasteiger partial charge in [0.2, 0.25) is 0 Å². The minimum atomic E-state index is -4.31. The number of alkyl halides is 3. The van der Waals surface area contributed by atoms with Crippen LogP contribution in [0.1, 0.15) is 5.56 Å². The summed E-state index contributed by atoms with van der Waals surface area (Å²) in [5.74, 6) is 0. The Morgan fingerprint density at radius 2 is 1.54 bits per heavy atom. The van der Waals surface area contributed by atoms with Gasteiger partial charge in [-0.05, 0) is 22.7 Å². The molecule has 1 aromatic carbocycles. The molecular weight excluding hydrogens is 367 g/mol. The maximum absolute atomic E-state index is 12.6. The molecule has 0 bridgehead atoms. The first-order chi connectivity index (χ1) is 11.1. The topological polar surface area (TPSA) is 12.9 Å². The summed E-state index contributed by atoms with van der Waals surface area (Å²) in [5.41, 5.74) is 0.0716. The fraction of sp³-hybridized carbons (Fsp3) is 0.235. The first-order valence-corrected chi connectivity index (χ1v) is 12.5. The van der Waals surface area contributed by atoms with Crippen LogP contribution < -0.4 is 4.50 Å². The van der Waals surface area contributed by atoms with Crippen LogP contribution in [0, 0.1) is 0 Å². The van der Waals surface area contributed by atoms with E-state index in [0.717, 1.165) is 22.0 Å². The van der Waals surface area contributed by atoms with Gasteiger partial charge in [-0.3, -0.25) is 0 Å². The molecule has 0 saturated heterocycles. The van der Waals surface area contributed by atoms with E-state index in [-0.39, 0.29) is 0 Å². The van der Waals surface area contributed by atoms with Gasteiger partial charge in [0.05, 0.1) is 18.5 Å². The number of thiophene rings is 1. The second-order valence-electron chi connectivity index (χ2n) is 6.52. The van der Waals surface area contributed by atoms with Gasteiger partial charge in [-0.25, -0.2) is 4.98 Å². The second-order valence-corrected chi connectivity index (χ2v) is 14.0. The van der Waals surface area contributed by atoms with Crippen molar-refractivity contribution in [2.24, 2.45) is 0 Å². The van der Waals surface area contributed by atoms with E-state index in [2.05, 4.69) is 36.8 Å². The smallest absolute Gasteiger partial charge is 0.244 e. The van der Waals surface area contributed by atoms with Crippen LogP contribution in [0.4, 0.5) is 13.2 Å². The molecule has 3 rings (SSSR count). The SMILES string of the molecule is C[Si](C)(C)c1ccc(-c2cnc(-c3ccc(C(F)(F)F)cc3)s2)s1. The van der Waals surface area contributed by atoms with Gasteiger partial charge in [0, 0.05) is 16.6 Å². The fourth-order valence-electron chi connectivity index (χ4n) is 2.20. The van der Waals surface area contributed by atoms with Crippen LogP contribution in [0.15, 0.2) is 42.6 Å². The van der Waals surface area contributed by atoms with Gasteiger partial charge in [-0.15, -0.1) is 22.7 Å². The monoisotopic (exact) mass is 383 g/mol. The van der Waals surface area contributed by atoms with Crippen LogP contribution in [0.5, 0.6) is 0 Å². The molecule has 24 heavy (non-hydrogen) atoms. The molecule has 0 radical (unpaired) electrons. The minimum Gasteiger partial charge on any atom is -0.244 e. The van der Waals surface area contributed by atoms with Crippen molar-refractivity contribution in [1.82, 2.24) is 4.98 Å². The highest BCUT2D eigenvalue weighted by Crippen LogP contribution is 2.36. The van der Waals surface area contributed by atoms with Crippen LogP contribution in [-0.2, 0) is 6.18 Å². The van der Waals surface area contributed by atoms with Gasteiger partial charge in [0.1, 0.15) is 5.01 Å². The normalized spacial score (nSPS) is 12.6. The Hall–Kier alpha value is -1.44. The van der Waals surface area contributed by atoms with Crippen LogP contribution >= 0.6 is 22.7 Å². The van der Waals surface area contributed by atoms with Gasteiger partial charge in [0.25, 0.3) is 0 Å². The van der Waals surface area contributed by atoms with E-state index >= 15 is 0 Å². The predicted molar refractivity (Wildman–Crippen MR) is 98.8 cm³/mol. The highest BCUT2D eigenvalue weighted by molar-refractivity contribution is 7.31. The van der Waals surface area contributed by atoms with Crippen LogP contribution in [0.3, 0.4) is 0 Å². The Morgan fingerprint density at radius 3 is 2.08 bits per heavy atom. The quantitative estimate of drug-likeness (QED) is 0.498. The lowest BCUT2D eigenvalue weighted by atomic mass is 10.1. The van der Waals surface area contributed by atoms with Gasteiger partial charge in [0.15, 0.2) is 0 Å². The van der Waals surface area contributed by atoms with E-state index in [1.807, 2.05) is 0 Å². The van der Waals surface area contributed by atoms with E-state index in [0.29, 0.717) is 5.56 Å². The number of benzene rings is 1. The summed E-state index contributed by atoms with van der Waals surface area (Å²) in [6.45, 7) is 6.93. The number of thiazole rings is 1. The van der Waals surface area contributed by atoms with E-state index in [4.69, 9.17) is 0 Å². The van der Waals surface area contributed by atoms with Gasteiger partial charge in [-0.2, -0.15) is 13.2 Å². The molecule has 0 unspecified atom stereocenters. The van der Waals surface area contributed by atoms with Crippen molar-refractivity contribution in [3.63, 3.8) is 0 Å². The fourth-order valence-corrected chi connectivity index (χ4v) is 6.09. The summed E-state index contributed by atoms with van der Waals surface area (Å²) in [4.78, 5) is 6.61. The number of aromatic nitrogens is 1. The van der Waals surface area contributed by atoms with Crippen molar-refractivity contribution in [3.8, 4) is 20.3 Å². The Balaban J connectivity index is 1.87. The molecule has 126 valence electrons. The molecule has 0 aliphatic heterocycles. The molecule has 7 heteroatoms.